The average Bonchev–Trinajstić information content (AvgIpc) is 2.72. The molecular weight excluding hydrogens is 277 g/mol. The average molecular weight is 291 g/mol. The molecule has 0 amide bonds. The molecule has 0 saturated carbocycles. The molecule has 11 heteroatoms. The van der Waals surface area contributed by atoms with E-state index >= 15 is 0 Å². The van der Waals surface area contributed by atoms with Crippen LogP contribution in [0.4, 0.5) is 0 Å². The first-order chi connectivity index (χ1) is 8.97. The third-order valence-electron chi connectivity index (χ3n) is 2.34. The molecule has 0 aliphatic carbocycles. The van der Waals surface area contributed by atoms with Crippen molar-refractivity contribution in [2.24, 2.45) is 20.7 Å². The van der Waals surface area contributed by atoms with E-state index in [9.17, 15) is 4.57 Å². The Morgan fingerprint density at radius 1 is 1.42 bits per heavy atom. The van der Waals surface area contributed by atoms with Crippen molar-refractivity contribution in [2.75, 3.05) is 19.6 Å². The summed E-state index contributed by atoms with van der Waals surface area (Å²) in [5.74, 6) is 0.361. The van der Waals surface area contributed by atoms with Gasteiger partial charge < -0.3 is 20.3 Å². The highest BCUT2D eigenvalue weighted by molar-refractivity contribution is 7.51. The highest BCUT2D eigenvalue weighted by atomic mass is 31.2. The van der Waals surface area contributed by atoms with Crippen molar-refractivity contribution in [1.82, 2.24) is 5.06 Å². The van der Waals surface area contributed by atoms with Gasteiger partial charge in [-0.25, -0.2) is 15.0 Å². The Kier molecular flexibility index (Phi) is 4.27. The third-order valence-corrected chi connectivity index (χ3v) is 2.86. The smallest absolute Gasteiger partial charge is 0.350 e. The zero-order chi connectivity index (χ0) is 13.9. The SMILES string of the molecule is NC1=NC=NC2C1N=CN2OCCOCP(=O)(O)O. The number of aliphatic imine (C=N–C) groups is 3. The number of fused-ring (bicyclic) bond motifs is 1. The van der Waals surface area contributed by atoms with Crippen LogP contribution in [0.5, 0.6) is 0 Å². The maximum absolute atomic E-state index is 10.5. The molecule has 0 fully saturated rings. The molecule has 2 atom stereocenters. The van der Waals surface area contributed by atoms with E-state index in [0.717, 1.165) is 0 Å². The number of ether oxygens (including phenoxy) is 1. The maximum Gasteiger partial charge on any atom is 0.350 e. The van der Waals surface area contributed by atoms with Gasteiger partial charge in [-0.3, -0.25) is 14.4 Å². The van der Waals surface area contributed by atoms with Gasteiger partial charge in [-0.15, -0.1) is 0 Å². The molecule has 10 nitrogen and oxygen atoms in total. The predicted molar refractivity (Wildman–Crippen MR) is 66.8 cm³/mol. The van der Waals surface area contributed by atoms with Gasteiger partial charge in [0.1, 0.15) is 24.9 Å². The quantitative estimate of drug-likeness (QED) is 0.399. The Balaban J connectivity index is 1.71. The summed E-state index contributed by atoms with van der Waals surface area (Å²) in [4.78, 5) is 34.5. The van der Waals surface area contributed by atoms with Crippen LogP contribution < -0.4 is 5.73 Å². The van der Waals surface area contributed by atoms with Crippen LogP contribution in [0.1, 0.15) is 0 Å². The Labute approximate surface area is 108 Å². The lowest BCUT2D eigenvalue weighted by Crippen LogP contribution is -2.44. The standard InChI is InChI=1S/C8H14N5O5P/c9-7-6-8(11-3-10-7)13(4-12-6)18-2-1-17-5-19(14,15)16/h3-4,6,8H,1-2,5H2,(H2,9,10,11)(H2,14,15,16). The summed E-state index contributed by atoms with van der Waals surface area (Å²) >= 11 is 0. The van der Waals surface area contributed by atoms with Crippen LogP contribution in [-0.4, -0.2) is 65.1 Å². The molecule has 0 aromatic carbocycles. The fourth-order valence-corrected chi connectivity index (χ4v) is 1.90. The van der Waals surface area contributed by atoms with Gasteiger partial charge in [-0.05, 0) is 0 Å². The molecule has 0 radical (unpaired) electrons. The summed E-state index contributed by atoms with van der Waals surface area (Å²) < 4.78 is 15.3. The van der Waals surface area contributed by atoms with Gasteiger partial charge in [-0.2, -0.15) is 0 Å². The minimum absolute atomic E-state index is 0.0418. The molecule has 2 unspecified atom stereocenters. The van der Waals surface area contributed by atoms with Gasteiger partial charge in [0.2, 0.25) is 0 Å². The van der Waals surface area contributed by atoms with E-state index in [2.05, 4.69) is 15.0 Å². The van der Waals surface area contributed by atoms with E-state index < -0.39 is 13.9 Å². The minimum atomic E-state index is -4.14. The van der Waals surface area contributed by atoms with Crippen LogP contribution in [0.15, 0.2) is 15.0 Å². The monoisotopic (exact) mass is 291 g/mol. The Morgan fingerprint density at radius 2 is 2.21 bits per heavy atom. The van der Waals surface area contributed by atoms with Gasteiger partial charge in [0.15, 0.2) is 12.2 Å². The number of hydrogen-bond acceptors (Lipinski definition) is 8. The lowest BCUT2D eigenvalue weighted by molar-refractivity contribution is -0.127. The predicted octanol–water partition coefficient (Wildman–Crippen LogP) is -1.49. The normalized spacial score (nSPS) is 25.6. The molecule has 19 heavy (non-hydrogen) atoms. The number of hydroxylamine groups is 2. The van der Waals surface area contributed by atoms with Crippen molar-refractivity contribution in [1.29, 1.82) is 0 Å². The topological polar surface area (TPSA) is 142 Å². The molecule has 0 spiro atoms. The second kappa shape index (κ2) is 5.76. The molecule has 0 bridgehead atoms. The molecule has 0 aromatic rings. The summed E-state index contributed by atoms with van der Waals surface area (Å²) in [5, 5.41) is 1.41. The maximum atomic E-state index is 10.5. The number of nitrogens with zero attached hydrogens (tertiary/aromatic N) is 4. The molecule has 0 saturated heterocycles. The third kappa shape index (κ3) is 3.82. The number of nitrogens with two attached hydrogens (primary N) is 1. The summed E-state index contributed by atoms with van der Waals surface area (Å²) in [6, 6.07) is -0.360. The lowest BCUT2D eigenvalue weighted by Gasteiger charge is -2.24. The molecular formula is C8H14N5O5P. The first-order valence-electron chi connectivity index (χ1n) is 5.39. The van der Waals surface area contributed by atoms with Crippen molar-refractivity contribution in [3.63, 3.8) is 0 Å². The second-order valence-corrected chi connectivity index (χ2v) is 5.42. The van der Waals surface area contributed by atoms with Crippen molar-refractivity contribution < 1.29 is 23.9 Å². The van der Waals surface area contributed by atoms with Crippen molar-refractivity contribution in [2.45, 2.75) is 12.2 Å². The lowest BCUT2D eigenvalue weighted by atomic mass is 10.2. The largest absolute Gasteiger partial charge is 0.385 e. The molecule has 2 aliphatic heterocycles. The fourth-order valence-electron chi connectivity index (χ4n) is 1.54. The van der Waals surface area contributed by atoms with Crippen LogP contribution in [-0.2, 0) is 14.1 Å². The van der Waals surface area contributed by atoms with Crippen LogP contribution >= 0.6 is 7.60 Å². The van der Waals surface area contributed by atoms with Crippen LogP contribution in [0.2, 0.25) is 0 Å². The van der Waals surface area contributed by atoms with E-state index in [1.54, 1.807) is 0 Å². The second-order valence-electron chi connectivity index (χ2n) is 3.84. The van der Waals surface area contributed by atoms with Gasteiger partial charge in [0, 0.05) is 0 Å². The minimum Gasteiger partial charge on any atom is -0.385 e. The van der Waals surface area contributed by atoms with E-state index in [0.29, 0.717) is 5.84 Å². The first kappa shape index (κ1) is 14.1. The highest BCUT2D eigenvalue weighted by Crippen LogP contribution is 2.33. The van der Waals surface area contributed by atoms with E-state index in [1.807, 2.05) is 0 Å². The molecule has 2 rings (SSSR count). The summed E-state index contributed by atoms with van der Waals surface area (Å²) in [6.07, 6.45) is 1.77. The molecule has 2 heterocycles. The van der Waals surface area contributed by atoms with Crippen LogP contribution in [0.25, 0.3) is 0 Å². The first-order valence-corrected chi connectivity index (χ1v) is 7.19. The van der Waals surface area contributed by atoms with Crippen molar-refractivity contribution in [3.8, 4) is 0 Å². The van der Waals surface area contributed by atoms with E-state index in [-0.39, 0.29) is 25.4 Å². The number of rotatable bonds is 6. The zero-order valence-corrected chi connectivity index (χ0v) is 10.8. The van der Waals surface area contributed by atoms with Gasteiger partial charge >= 0.3 is 7.60 Å². The summed E-state index contributed by atoms with van der Waals surface area (Å²) in [5.41, 5.74) is 5.66. The fraction of sp³-hybridized carbons (Fsp3) is 0.625. The molecule has 4 N–H and O–H groups in total. The van der Waals surface area contributed by atoms with Crippen LogP contribution in [0.3, 0.4) is 0 Å². The van der Waals surface area contributed by atoms with E-state index in [1.165, 1.54) is 17.7 Å². The Morgan fingerprint density at radius 3 is 2.95 bits per heavy atom. The molecule has 106 valence electrons. The Hall–Kier alpha value is -1.32. The van der Waals surface area contributed by atoms with Gasteiger partial charge in [-0.1, -0.05) is 0 Å². The number of hydrogen-bond donors (Lipinski definition) is 3. The summed E-state index contributed by atoms with van der Waals surface area (Å²) in [7, 11) is -4.14. The summed E-state index contributed by atoms with van der Waals surface area (Å²) in [6.45, 7) is 0.155. The van der Waals surface area contributed by atoms with E-state index in [4.69, 9.17) is 25.1 Å². The van der Waals surface area contributed by atoms with Gasteiger partial charge in [0.25, 0.3) is 0 Å². The van der Waals surface area contributed by atoms with Gasteiger partial charge in [0.05, 0.1) is 13.2 Å². The molecule has 2 aliphatic rings. The van der Waals surface area contributed by atoms with Crippen LogP contribution in [0, 0.1) is 0 Å². The van der Waals surface area contributed by atoms with Crippen molar-refractivity contribution >= 4 is 26.1 Å². The highest BCUT2D eigenvalue weighted by Gasteiger charge is 2.35. The zero-order valence-electron chi connectivity index (χ0n) is 9.86. The van der Waals surface area contributed by atoms with Crippen molar-refractivity contribution in [3.05, 3.63) is 0 Å². The molecule has 0 aromatic heterocycles. The Bertz CT molecular complexity index is 460. The number of amidine groups is 1.